The first kappa shape index (κ1) is 11.4. The number of thiazole rings is 1. The van der Waals surface area contributed by atoms with E-state index in [0.29, 0.717) is 6.42 Å². The van der Waals surface area contributed by atoms with E-state index in [-0.39, 0.29) is 0 Å². The maximum Gasteiger partial charge on any atom is 0.161 e. The van der Waals surface area contributed by atoms with Crippen LogP contribution >= 0.6 is 11.3 Å². The predicted octanol–water partition coefficient (Wildman–Crippen LogP) is 3.93. The second-order valence-corrected chi connectivity index (χ2v) is 4.43. The van der Waals surface area contributed by atoms with Crippen molar-refractivity contribution in [3.8, 4) is 6.07 Å². The topological polar surface area (TPSA) is 61.4 Å². The lowest BCUT2D eigenvalue weighted by Crippen LogP contribution is -1.77. The minimum absolute atomic E-state index is 0.326. The summed E-state index contributed by atoms with van der Waals surface area (Å²) in [5.74, 6) is 0. The Morgan fingerprint density at radius 3 is 2.76 bits per heavy atom. The van der Waals surface area contributed by atoms with Crippen LogP contribution < -0.4 is 0 Å². The predicted molar refractivity (Wildman–Crippen MR) is 66.8 cm³/mol. The summed E-state index contributed by atoms with van der Waals surface area (Å²) in [6.45, 7) is 1.87. The van der Waals surface area contributed by atoms with Crippen molar-refractivity contribution in [2.24, 2.45) is 10.2 Å². The van der Waals surface area contributed by atoms with Crippen molar-refractivity contribution in [2.45, 2.75) is 13.3 Å². The van der Waals surface area contributed by atoms with Crippen molar-refractivity contribution in [3.05, 3.63) is 41.0 Å². The molecular formula is C12H10N4S. The molecule has 2 rings (SSSR count). The molecule has 0 aliphatic heterocycles. The summed E-state index contributed by atoms with van der Waals surface area (Å²) in [6, 6.07) is 11.6. The van der Waals surface area contributed by atoms with Gasteiger partial charge in [0.05, 0.1) is 23.9 Å². The smallest absolute Gasteiger partial charge is 0.161 e. The van der Waals surface area contributed by atoms with Crippen LogP contribution in [0.2, 0.25) is 0 Å². The van der Waals surface area contributed by atoms with Crippen LogP contribution in [0.1, 0.15) is 10.7 Å². The van der Waals surface area contributed by atoms with Gasteiger partial charge in [0.2, 0.25) is 0 Å². The fourth-order valence-corrected chi connectivity index (χ4v) is 2.09. The first-order valence-electron chi connectivity index (χ1n) is 5.09. The van der Waals surface area contributed by atoms with E-state index in [1.54, 1.807) is 0 Å². The Bertz CT molecular complexity index is 566. The highest BCUT2D eigenvalue weighted by atomic mass is 32.1. The molecule has 0 fully saturated rings. The molecule has 0 aliphatic carbocycles. The third kappa shape index (κ3) is 2.95. The lowest BCUT2D eigenvalue weighted by atomic mass is 10.3. The third-order valence-electron chi connectivity index (χ3n) is 2.06. The highest BCUT2D eigenvalue weighted by Crippen LogP contribution is 2.29. The largest absolute Gasteiger partial charge is 0.243 e. The van der Waals surface area contributed by atoms with E-state index in [0.717, 1.165) is 21.4 Å². The second-order valence-electron chi connectivity index (χ2n) is 3.37. The Labute approximate surface area is 103 Å². The minimum Gasteiger partial charge on any atom is -0.243 e. The van der Waals surface area contributed by atoms with E-state index >= 15 is 0 Å². The lowest BCUT2D eigenvalue weighted by Gasteiger charge is -1.89. The second kappa shape index (κ2) is 5.32. The summed E-state index contributed by atoms with van der Waals surface area (Å²) in [4.78, 5) is 4.25. The van der Waals surface area contributed by atoms with Crippen LogP contribution in [0.3, 0.4) is 0 Å². The molecule has 0 radical (unpaired) electrons. The van der Waals surface area contributed by atoms with E-state index < -0.39 is 0 Å². The van der Waals surface area contributed by atoms with E-state index in [4.69, 9.17) is 5.26 Å². The standard InChI is InChI=1S/C12H10N4S/c1-9-12(17-11(14-9)7-8-13)16-15-10-5-3-2-4-6-10/h2-6H,7H2,1H3. The zero-order valence-corrected chi connectivity index (χ0v) is 10.1. The summed E-state index contributed by atoms with van der Waals surface area (Å²) in [5.41, 5.74) is 1.63. The van der Waals surface area contributed by atoms with Gasteiger partial charge in [-0.1, -0.05) is 29.5 Å². The van der Waals surface area contributed by atoms with Crippen molar-refractivity contribution in [1.82, 2.24) is 4.98 Å². The molecule has 0 saturated carbocycles. The quantitative estimate of drug-likeness (QED) is 0.765. The number of nitriles is 1. The molecule has 1 aromatic heterocycles. The van der Waals surface area contributed by atoms with Crippen LogP contribution in [0, 0.1) is 18.3 Å². The zero-order valence-electron chi connectivity index (χ0n) is 9.29. The average Bonchev–Trinajstić information content (AvgIpc) is 2.69. The maximum absolute atomic E-state index is 8.59. The van der Waals surface area contributed by atoms with Gasteiger partial charge >= 0.3 is 0 Å². The third-order valence-corrected chi connectivity index (χ3v) is 3.10. The normalized spacial score (nSPS) is 10.6. The first-order valence-corrected chi connectivity index (χ1v) is 5.91. The van der Waals surface area contributed by atoms with Crippen LogP contribution in [0.15, 0.2) is 40.6 Å². The van der Waals surface area contributed by atoms with E-state index in [1.165, 1.54) is 11.3 Å². The number of aryl methyl sites for hydroxylation is 1. The fraction of sp³-hybridized carbons (Fsp3) is 0.167. The van der Waals surface area contributed by atoms with Gasteiger partial charge < -0.3 is 0 Å². The monoisotopic (exact) mass is 242 g/mol. The van der Waals surface area contributed by atoms with Crippen molar-refractivity contribution in [3.63, 3.8) is 0 Å². The maximum atomic E-state index is 8.59. The Hall–Kier alpha value is -2.06. The van der Waals surface area contributed by atoms with Crippen LogP contribution in [0.4, 0.5) is 10.7 Å². The number of nitrogens with zero attached hydrogens (tertiary/aromatic N) is 4. The van der Waals surface area contributed by atoms with Gasteiger partial charge in [-0.05, 0) is 19.1 Å². The molecule has 17 heavy (non-hydrogen) atoms. The molecule has 84 valence electrons. The van der Waals surface area contributed by atoms with E-state index in [9.17, 15) is 0 Å². The number of aromatic nitrogens is 1. The number of azo groups is 1. The summed E-state index contributed by atoms with van der Waals surface area (Å²) >= 11 is 1.41. The molecule has 0 unspecified atom stereocenters. The van der Waals surface area contributed by atoms with Gasteiger partial charge in [0.1, 0.15) is 5.01 Å². The molecule has 0 saturated heterocycles. The van der Waals surface area contributed by atoms with Gasteiger partial charge in [-0.25, -0.2) is 4.98 Å². The summed E-state index contributed by atoms with van der Waals surface area (Å²) in [6.07, 6.45) is 0.326. The Kier molecular flexibility index (Phi) is 3.58. The Morgan fingerprint density at radius 2 is 2.06 bits per heavy atom. The van der Waals surface area contributed by atoms with E-state index in [1.807, 2.05) is 37.3 Å². The lowest BCUT2D eigenvalue weighted by molar-refractivity contribution is 1.12. The highest BCUT2D eigenvalue weighted by molar-refractivity contribution is 7.15. The average molecular weight is 242 g/mol. The molecule has 5 heteroatoms. The molecule has 1 heterocycles. The minimum atomic E-state index is 0.326. The van der Waals surface area contributed by atoms with Gasteiger partial charge in [0.15, 0.2) is 5.00 Å². The van der Waals surface area contributed by atoms with E-state index in [2.05, 4.69) is 21.3 Å². The van der Waals surface area contributed by atoms with Crippen LogP contribution in [0.25, 0.3) is 0 Å². The zero-order chi connectivity index (χ0) is 12.1. The molecule has 0 aliphatic rings. The molecule has 0 N–H and O–H groups in total. The van der Waals surface area contributed by atoms with Crippen molar-refractivity contribution < 1.29 is 0 Å². The molecular weight excluding hydrogens is 232 g/mol. The first-order chi connectivity index (χ1) is 8.29. The number of benzene rings is 1. The van der Waals surface area contributed by atoms with Gasteiger partial charge in [-0.15, -0.1) is 10.2 Å². The van der Waals surface area contributed by atoms with Crippen LogP contribution in [-0.4, -0.2) is 4.98 Å². The number of hydrogen-bond acceptors (Lipinski definition) is 5. The Morgan fingerprint density at radius 1 is 1.29 bits per heavy atom. The van der Waals surface area contributed by atoms with Crippen molar-refractivity contribution in [2.75, 3.05) is 0 Å². The van der Waals surface area contributed by atoms with Gasteiger partial charge in [-0.3, -0.25) is 0 Å². The molecule has 0 bridgehead atoms. The van der Waals surface area contributed by atoms with Crippen LogP contribution in [-0.2, 0) is 6.42 Å². The van der Waals surface area contributed by atoms with Crippen molar-refractivity contribution >= 4 is 22.0 Å². The number of rotatable bonds is 3. The highest BCUT2D eigenvalue weighted by Gasteiger charge is 2.06. The van der Waals surface area contributed by atoms with Gasteiger partial charge in [-0.2, -0.15) is 5.26 Å². The molecule has 4 nitrogen and oxygen atoms in total. The van der Waals surface area contributed by atoms with Crippen LogP contribution in [0.5, 0.6) is 0 Å². The molecule has 2 aromatic rings. The molecule has 0 spiro atoms. The summed E-state index contributed by atoms with van der Waals surface area (Å²) in [5, 5.41) is 18.4. The molecule has 0 amide bonds. The van der Waals surface area contributed by atoms with Crippen molar-refractivity contribution in [1.29, 1.82) is 5.26 Å². The molecule has 0 atom stereocenters. The Balaban J connectivity index is 2.19. The van der Waals surface area contributed by atoms with Gasteiger partial charge in [0, 0.05) is 0 Å². The molecule has 1 aromatic carbocycles. The number of hydrogen-bond donors (Lipinski definition) is 0. The van der Waals surface area contributed by atoms with Gasteiger partial charge in [0.25, 0.3) is 0 Å². The fourth-order valence-electron chi connectivity index (χ4n) is 1.28. The summed E-state index contributed by atoms with van der Waals surface area (Å²) < 4.78 is 0. The summed E-state index contributed by atoms with van der Waals surface area (Å²) in [7, 11) is 0. The SMILES string of the molecule is Cc1nc(CC#N)sc1N=Nc1ccccc1.